The van der Waals surface area contributed by atoms with Crippen LogP contribution in [0.3, 0.4) is 0 Å². The van der Waals surface area contributed by atoms with Crippen molar-refractivity contribution in [2.24, 2.45) is 5.92 Å². The first kappa shape index (κ1) is 15.0. The summed E-state index contributed by atoms with van der Waals surface area (Å²) in [5, 5.41) is 0. The van der Waals surface area contributed by atoms with Crippen LogP contribution in [0.25, 0.3) is 0 Å². The molecule has 4 nitrogen and oxygen atoms in total. The molecule has 0 bridgehead atoms. The van der Waals surface area contributed by atoms with E-state index in [0.717, 1.165) is 38.7 Å². The van der Waals surface area contributed by atoms with Gasteiger partial charge in [0.15, 0.2) is 0 Å². The SMILES string of the molecule is Cc1nc2n(c1C)CCN(CCO[C@H]1CCCC[C@@H]1C)C2. The smallest absolute Gasteiger partial charge is 0.123 e. The Morgan fingerprint density at radius 3 is 2.81 bits per heavy atom. The Kier molecular flexibility index (Phi) is 4.65. The van der Waals surface area contributed by atoms with Gasteiger partial charge in [-0.1, -0.05) is 19.8 Å². The third-order valence-corrected chi connectivity index (χ3v) is 5.31. The maximum atomic E-state index is 6.15. The number of aryl methyl sites for hydroxylation is 1. The predicted molar refractivity (Wildman–Crippen MR) is 84.4 cm³/mol. The molecular weight excluding hydrogens is 262 g/mol. The van der Waals surface area contributed by atoms with Crippen LogP contribution in [0.5, 0.6) is 0 Å². The van der Waals surface area contributed by atoms with Crippen molar-refractivity contribution in [1.29, 1.82) is 0 Å². The van der Waals surface area contributed by atoms with Crippen LogP contribution in [0.2, 0.25) is 0 Å². The Morgan fingerprint density at radius 2 is 2.00 bits per heavy atom. The lowest BCUT2D eigenvalue weighted by atomic mass is 9.88. The van der Waals surface area contributed by atoms with E-state index in [9.17, 15) is 0 Å². The van der Waals surface area contributed by atoms with E-state index in [1.807, 2.05) is 0 Å². The second kappa shape index (κ2) is 6.49. The minimum Gasteiger partial charge on any atom is -0.377 e. The van der Waals surface area contributed by atoms with Gasteiger partial charge >= 0.3 is 0 Å². The summed E-state index contributed by atoms with van der Waals surface area (Å²) in [5.41, 5.74) is 2.51. The topological polar surface area (TPSA) is 30.3 Å². The Balaban J connectivity index is 1.47. The van der Waals surface area contributed by atoms with Crippen LogP contribution < -0.4 is 0 Å². The minimum absolute atomic E-state index is 0.495. The van der Waals surface area contributed by atoms with Crippen molar-refractivity contribution in [3.8, 4) is 0 Å². The second-order valence-electron chi connectivity index (χ2n) is 6.80. The molecule has 0 unspecified atom stereocenters. The van der Waals surface area contributed by atoms with Crippen molar-refractivity contribution in [2.45, 2.75) is 65.6 Å². The van der Waals surface area contributed by atoms with E-state index >= 15 is 0 Å². The quantitative estimate of drug-likeness (QED) is 0.854. The monoisotopic (exact) mass is 291 g/mol. The average molecular weight is 291 g/mol. The fourth-order valence-electron chi connectivity index (χ4n) is 3.72. The largest absolute Gasteiger partial charge is 0.377 e. The summed E-state index contributed by atoms with van der Waals surface area (Å²) in [6.45, 7) is 11.7. The van der Waals surface area contributed by atoms with Gasteiger partial charge in [-0.15, -0.1) is 0 Å². The van der Waals surface area contributed by atoms with E-state index in [2.05, 4.69) is 30.2 Å². The summed E-state index contributed by atoms with van der Waals surface area (Å²) in [6.07, 6.45) is 5.81. The third-order valence-electron chi connectivity index (χ3n) is 5.31. The van der Waals surface area contributed by atoms with Crippen LogP contribution in [0.4, 0.5) is 0 Å². The summed E-state index contributed by atoms with van der Waals surface area (Å²) in [5.74, 6) is 1.96. The summed E-state index contributed by atoms with van der Waals surface area (Å²) >= 11 is 0. The van der Waals surface area contributed by atoms with Crippen molar-refractivity contribution in [3.63, 3.8) is 0 Å². The highest BCUT2D eigenvalue weighted by molar-refractivity contribution is 5.15. The van der Waals surface area contributed by atoms with Gasteiger partial charge in [-0.25, -0.2) is 4.98 Å². The van der Waals surface area contributed by atoms with E-state index in [0.29, 0.717) is 6.10 Å². The molecule has 0 spiro atoms. The molecule has 0 N–H and O–H groups in total. The minimum atomic E-state index is 0.495. The Bertz CT molecular complexity index is 483. The van der Waals surface area contributed by atoms with Crippen LogP contribution in [-0.4, -0.2) is 40.3 Å². The van der Waals surface area contributed by atoms with E-state index in [-0.39, 0.29) is 0 Å². The number of hydrogen-bond acceptors (Lipinski definition) is 3. The van der Waals surface area contributed by atoms with Gasteiger partial charge in [0.2, 0.25) is 0 Å². The maximum Gasteiger partial charge on any atom is 0.123 e. The molecule has 21 heavy (non-hydrogen) atoms. The van der Waals surface area contributed by atoms with Crippen molar-refractivity contribution in [3.05, 3.63) is 17.2 Å². The zero-order valence-corrected chi connectivity index (χ0v) is 13.8. The predicted octanol–water partition coefficient (Wildman–Crippen LogP) is 2.91. The molecular formula is C17H29N3O. The van der Waals surface area contributed by atoms with E-state index in [1.54, 1.807) is 0 Å². The zero-order chi connectivity index (χ0) is 14.8. The lowest BCUT2D eigenvalue weighted by molar-refractivity contribution is -0.0161. The second-order valence-corrected chi connectivity index (χ2v) is 6.80. The Labute approximate surface area is 128 Å². The Morgan fingerprint density at radius 1 is 1.19 bits per heavy atom. The lowest BCUT2D eigenvalue weighted by Gasteiger charge is -2.31. The Hall–Kier alpha value is -0.870. The molecule has 1 fully saturated rings. The molecule has 0 radical (unpaired) electrons. The highest BCUT2D eigenvalue weighted by Gasteiger charge is 2.23. The summed E-state index contributed by atoms with van der Waals surface area (Å²) in [7, 11) is 0. The van der Waals surface area contributed by atoms with Gasteiger partial charge in [-0.05, 0) is 32.6 Å². The molecule has 2 aliphatic rings. The summed E-state index contributed by atoms with van der Waals surface area (Å²) < 4.78 is 8.52. The normalized spacial score (nSPS) is 26.8. The summed E-state index contributed by atoms with van der Waals surface area (Å²) in [4.78, 5) is 7.17. The first-order valence-electron chi connectivity index (χ1n) is 8.51. The number of fused-ring (bicyclic) bond motifs is 1. The maximum absolute atomic E-state index is 6.15. The number of ether oxygens (including phenoxy) is 1. The van der Waals surface area contributed by atoms with Gasteiger partial charge in [0.1, 0.15) is 5.82 Å². The molecule has 0 amide bonds. The van der Waals surface area contributed by atoms with Crippen LogP contribution in [0.1, 0.15) is 49.8 Å². The molecule has 2 atom stereocenters. The van der Waals surface area contributed by atoms with E-state index in [1.165, 1.54) is 42.9 Å². The highest BCUT2D eigenvalue weighted by Crippen LogP contribution is 2.26. The molecule has 0 saturated heterocycles. The molecule has 1 aliphatic carbocycles. The third kappa shape index (κ3) is 3.32. The van der Waals surface area contributed by atoms with Crippen LogP contribution in [0, 0.1) is 19.8 Å². The van der Waals surface area contributed by atoms with Crippen LogP contribution in [-0.2, 0) is 17.8 Å². The van der Waals surface area contributed by atoms with Gasteiger partial charge < -0.3 is 9.30 Å². The number of aromatic nitrogens is 2. The lowest BCUT2D eigenvalue weighted by Crippen LogP contribution is -2.37. The van der Waals surface area contributed by atoms with Crippen molar-refractivity contribution in [1.82, 2.24) is 14.5 Å². The number of hydrogen-bond donors (Lipinski definition) is 0. The molecule has 4 heteroatoms. The number of nitrogens with zero attached hydrogens (tertiary/aromatic N) is 3. The van der Waals surface area contributed by atoms with Gasteiger partial charge in [-0.3, -0.25) is 4.90 Å². The molecule has 1 aromatic heterocycles. The van der Waals surface area contributed by atoms with Crippen LogP contribution in [0.15, 0.2) is 0 Å². The van der Waals surface area contributed by atoms with Gasteiger partial charge in [0, 0.05) is 25.3 Å². The van der Waals surface area contributed by atoms with E-state index < -0.39 is 0 Å². The van der Waals surface area contributed by atoms with Gasteiger partial charge in [0.05, 0.1) is 24.9 Å². The highest BCUT2D eigenvalue weighted by atomic mass is 16.5. The molecule has 2 heterocycles. The van der Waals surface area contributed by atoms with Crippen molar-refractivity contribution < 1.29 is 4.74 Å². The molecule has 1 saturated carbocycles. The standard InChI is InChI=1S/C17H29N3O/c1-13-6-4-5-7-16(13)21-11-10-19-8-9-20-15(3)14(2)18-17(20)12-19/h13,16H,4-12H2,1-3H3/t13-,16-/m0/s1. The molecule has 118 valence electrons. The van der Waals surface area contributed by atoms with Crippen molar-refractivity contribution >= 4 is 0 Å². The van der Waals surface area contributed by atoms with Gasteiger partial charge in [-0.2, -0.15) is 0 Å². The number of rotatable bonds is 4. The first-order chi connectivity index (χ1) is 10.1. The average Bonchev–Trinajstić information content (AvgIpc) is 2.76. The molecule has 1 aliphatic heterocycles. The zero-order valence-electron chi connectivity index (χ0n) is 13.8. The fourth-order valence-corrected chi connectivity index (χ4v) is 3.72. The molecule has 0 aromatic carbocycles. The van der Waals surface area contributed by atoms with Crippen molar-refractivity contribution in [2.75, 3.05) is 19.7 Å². The van der Waals surface area contributed by atoms with Crippen LogP contribution >= 0.6 is 0 Å². The van der Waals surface area contributed by atoms with E-state index in [4.69, 9.17) is 9.72 Å². The van der Waals surface area contributed by atoms with Gasteiger partial charge in [0.25, 0.3) is 0 Å². The first-order valence-corrected chi connectivity index (χ1v) is 8.51. The summed E-state index contributed by atoms with van der Waals surface area (Å²) in [6, 6.07) is 0. The fraction of sp³-hybridized carbons (Fsp3) is 0.824. The molecule has 1 aromatic rings. The number of imidazole rings is 1. The molecule has 3 rings (SSSR count).